The number of carbonyl (C=O) groups excluding carboxylic acids is 2. The summed E-state index contributed by atoms with van der Waals surface area (Å²) in [7, 11) is 0. The first-order valence-electron chi connectivity index (χ1n) is 6.17. The second-order valence-corrected chi connectivity index (χ2v) is 4.09. The summed E-state index contributed by atoms with van der Waals surface area (Å²) in [5.41, 5.74) is 4.92. The maximum absolute atomic E-state index is 13.5. The molecular weight excluding hydrogens is 268 g/mol. The molecule has 1 aromatic rings. The van der Waals surface area contributed by atoms with Crippen LogP contribution in [0.4, 0.5) is 8.78 Å². The molecule has 2 amide bonds. The van der Waals surface area contributed by atoms with E-state index in [2.05, 4.69) is 5.32 Å². The lowest BCUT2D eigenvalue weighted by atomic mass is 10.2. The molecule has 0 heterocycles. The molecule has 1 rings (SSSR count). The van der Waals surface area contributed by atoms with Crippen molar-refractivity contribution in [2.45, 2.75) is 13.5 Å². The van der Waals surface area contributed by atoms with Crippen molar-refractivity contribution in [1.82, 2.24) is 10.2 Å². The molecule has 0 aromatic heterocycles. The number of carbonyl (C=O) groups is 2. The molecule has 3 N–H and O–H groups in total. The Morgan fingerprint density at radius 3 is 2.40 bits per heavy atom. The molecule has 0 spiro atoms. The molecule has 1 aromatic carbocycles. The number of likely N-dealkylation sites (N-methyl/N-ethyl adjacent to an activating group) is 1. The van der Waals surface area contributed by atoms with Gasteiger partial charge in [-0.1, -0.05) is 6.07 Å². The van der Waals surface area contributed by atoms with Gasteiger partial charge < -0.3 is 16.0 Å². The summed E-state index contributed by atoms with van der Waals surface area (Å²) in [4.78, 5) is 24.1. The standard InChI is InChI=1S/C13H17F2N3O2/c1-2-18(13(20)7-17-12(19)6-16)8-9-10(14)4-3-5-11(9)15/h3-5H,2,6-8,16H2,1H3,(H,17,19). The highest BCUT2D eigenvalue weighted by Gasteiger charge is 2.17. The number of nitrogens with one attached hydrogen (secondary N) is 1. The van der Waals surface area contributed by atoms with Gasteiger partial charge in [-0.3, -0.25) is 9.59 Å². The first-order valence-corrected chi connectivity index (χ1v) is 6.17. The average molecular weight is 285 g/mol. The van der Waals surface area contributed by atoms with Gasteiger partial charge in [-0.25, -0.2) is 8.78 Å². The zero-order valence-electron chi connectivity index (χ0n) is 11.2. The van der Waals surface area contributed by atoms with Gasteiger partial charge in [0.05, 0.1) is 19.6 Å². The quantitative estimate of drug-likeness (QED) is 0.794. The number of hydrogen-bond donors (Lipinski definition) is 2. The van der Waals surface area contributed by atoms with Crippen LogP contribution in [0, 0.1) is 11.6 Å². The van der Waals surface area contributed by atoms with Crippen molar-refractivity contribution in [2.75, 3.05) is 19.6 Å². The summed E-state index contributed by atoms with van der Waals surface area (Å²) in [6.45, 7) is 1.29. The summed E-state index contributed by atoms with van der Waals surface area (Å²) < 4.78 is 27.0. The SMILES string of the molecule is CCN(Cc1c(F)cccc1F)C(=O)CNC(=O)CN. The number of halogens is 2. The first kappa shape index (κ1) is 16.0. The fourth-order valence-corrected chi connectivity index (χ4v) is 1.61. The molecule has 0 aliphatic carbocycles. The van der Waals surface area contributed by atoms with Gasteiger partial charge in [0.1, 0.15) is 11.6 Å². The number of rotatable bonds is 6. The molecule has 0 saturated carbocycles. The monoisotopic (exact) mass is 285 g/mol. The highest BCUT2D eigenvalue weighted by Crippen LogP contribution is 2.14. The Hall–Kier alpha value is -2.02. The highest BCUT2D eigenvalue weighted by molar-refractivity contribution is 5.85. The lowest BCUT2D eigenvalue weighted by Gasteiger charge is -2.21. The topological polar surface area (TPSA) is 75.4 Å². The lowest BCUT2D eigenvalue weighted by Crippen LogP contribution is -2.41. The molecule has 110 valence electrons. The van der Waals surface area contributed by atoms with E-state index >= 15 is 0 Å². The van der Waals surface area contributed by atoms with Crippen LogP contribution in [-0.4, -0.2) is 36.3 Å². The van der Waals surface area contributed by atoms with Crippen molar-refractivity contribution >= 4 is 11.8 Å². The van der Waals surface area contributed by atoms with Crippen LogP contribution in [0.25, 0.3) is 0 Å². The van der Waals surface area contributed by atoms with Gasteiger partial charge in [-0.05, 0) is 19.1 Å². The van der Waals surface area contributed by atoms with E-state index < -0.39 is 23.4 Å². The predicted octanol–water partition coefficient (Wildman–Crippen LogP) is 0.388. The van der Waals surface area contributed by atoms with Crippen LogP contribution in [0.1, 0.15) is 12.5 Å². The maximum Gasteiger partial charge on any atom is 0.242 e. The Morgan fingerprint density at radius 1 is 1.30 bits per heavy atom. The molecule has 0 bridgehead atoms. The fraction of sp³-hybridized carbons (Fsp3) is 0.385. The number of benzene rings is 1. The van der Waals surface area contributed by atoms with Crippen LogP contribution in [0.3, 0.4) is 0 Å². The van der Waals surface area contributed by atoms with Gasteiger partial charge >= 0.3 is 0 Å². The third kappa shape index (κ3) is 4.27. The van der Waals surface area contributed by atoms with E-state index in [1.54, 1.807) is 6.92 Å². The van der Waals surface area contributed by atoms with Gasteiger partial charge in [-0.15, -0.1) is 0 Å². The summed E-state index contributed by atoms with van der Waals surface area (Å²) in [5.74, 6) is -2.31. The minimum absolute atomic E-state index is 0.173. The molecule has 0 aliphatic heterocycles. The first-order chi connectivity index (χ1) is 9.49. The minimum Gasteiger partial charge on any atom is -0.346 e. The summed E-state index contributed by atoms with van der Waals surface area (Å²) in [6, 6.07) is 3.52. The van der Waals surface area contributed by atoms with Crippen molar-refractivity contribution in [3.63, 3.8) is 0 Å². The third-order valence-electron chi connectivity index (χ3n) is 2.77. The van der Waals surface area contributed by atoms with Gasteiger partial charge in [0, 0.05) is 12.1 Å². The fourth-order valence-electron chi connectivity index (χ4n) is 1.61. The third-order valence-corrected chi connectivity index (χ3v) is 2.77. The molecule has 20 heavy (non-hydrogen) atoms. The predicted molar refractivity (Wildman–Crippen MR) is 69.5 cm³/mol. The number of nitrogens with two attached hydrogens (primary N) is 1. The number of nitrogens with zero attached hydrogens (tertiary/aromatic N) is 1. The Kier molecular flexibility index (Phi) is 6.05. The molecular formula is C13H17F2N3O2. The molecule has 5 nitrogen and oxygen atoms in total. The second-order valence-electron chi connectivity index (χ2n) is 4.09. The summed E-state index contributed by atoms with van der Waals surface area (Å²) >= 11 is 0. The maximum atomic E-state index is 13.5. The zero-order valence-corrected chi connectivity index (χ0v) is 11.2. The van der Waals surface area contributed by atoms with E-state index in [9.17, 15) is 18.4 Å². The van der Waals surface area contributed by atoms with Crippen LogP contribution < -0.4 is 11.1 Å². The Labute approximate surface area is 115 Å². The van der Waals surface area contributed by atoms with E-state index in [4.69, 9.17) is 5.73 Å². The van der Waals surface area contributed by atoms with Gasteiger partial charge in [0.15, 0.2) is 0 Å². The van der Waals surface area contributed by atoms with Crippen LogP contribution in [-0.2, 0) is 16.1 Å². The highest BCUT2D eigenvalue weighted by atomic mass is 19.1. The Bertz CT molecular complexity index is 474. The van der Waals surface area contributed by atoms with E-state index in [0.717, 1.165) is 12.1 Å². The normalized spacial score (nSPS) is 10.2. The number of hydrogen-bond acceptors (Lipinski definition) is 3. The molecule has 0 aliphatic rings. The molecule has 7 heteroatoms. The van der Waals surface area contributed by atoms with Crippen molar-refractivity contribution in [2.24, 2.45) is 5.73 Å². The van der Waals surface area contributed by atoms with Crippen LogP contribution in [0.5, 0.6) is 0 Å². The largest absolute Gasteiger partial charge is 0.346 e. The van der Waals surface area contributed by atoms with E-state index in [-0.39, 0.29) is 31.7 Å². The smallest absolute Gasteiger partial charge is 0.242 e. The van der Waals surface area contributed by atoms with Crippen LogP contribution >= 0.6 is 0 Å². The van der Waals surface area contributed by atoms with E-state index in [1.165, 1.54) is 11.0 Å². The molecule has 0 unspecified atom stereocenters. The zero-order chi connectivity index (χ0) is 15.1. The molecule has 0 saturated heterocycles. The molecule has 0 radical (unpaired) electrons. The van der Waals surface area contributed by atoms with Crippen molar-refractivity contribution < 1.29 is 18.4 Å². The minimum atomic E-state index is -0.706. The van der Waals surface area contributed by atoms with Crippen LogP contribution in [0.15, 0.2) is 18.2 Å². The van der Waals surface area contributed by atoms with Gasteiger partial charge in [-0.2, -0.15) is 0 Å². The van der Waals surface area contributed by atoms with Crippen molar-refractivity contribution in [3.8, 4) is 0 Å². The lowest BCUT2D eigenvalue weighted by molar-refractivity contribution is -0.133. The van der Waals surface area contributed by atoms with E-state index in [1.807, 2.05) is 0 Å². The molecule has 0 fully saturated rings. The molecule has 0 atom stereocenters. The summed E-state index contributed by atoms with van der Waals surface area (Å²) in [5, 5.41) is 2.32. The van der Waals surface area contributed by atoms with Gasteiger partial charge in [0.25, 0.3) is 0 Å². The average Bonchev–Trinajstić information content (AvgIpc) is 2.44. The summed E-state index contributed by atoms with van der Waals surface area (Å²) in [6.07, 6.45) is 0. The van der Waals surface area contributed by atoms with Crippen molar-refractivity contribution in [1.29, 1.82) is 0 Å². The Morgan fingerprint density at radius 2 is 1.90 bits per heavy atom. The van der Waals surface area contributed by atoms with Crippen LogP contribution in [0.2, 0.25) is 0 Å². The van der Waals surface area contributed by atoms with Gasteiger partial charge in [0.2, 0.25) is 11.8 Å². The second kappa shape index (κ2) is 7.54. The van der Waals surface area contributed by atoms with Crippen molar-refractivity contribution in [3.05, 3.63) is 35.4 Å². The Balaban J connectivity index is 2.71. The number of amides is 2. The van der Waals surface area contributed by atoms with E-state index in [0.29, 0.717) is 0 Å².